The molecule has 0 aliphatic rings. The number of anilines is 1. The van der Waals surface area contributed by atoms with Gasteiger partial charge in [-0.25, -0.2) is 4.98 Å². The first-order valence-corrected chi connectivity index (χ1v) is 8.53. The minimum atomic E-state index is -4.83. The van der Waals surface area contributed by atoms with E-state index in [-0.39, 0.29) is 5.02 Å². The predicted molar refractivity (Wildman–Crippen MR) is 96.3 cm³/mol. The molecule has 0 saturated heterocycles. The van der Waals surface area contributed by atoms with Crippen molar-refractivity contribution in [1.29, 1.82) is 0 Å². The molecule has 3 aromatic rings. The second kappa shape index (κ2) is 7.10. The Bertz CT molecular complexity index is 1000. The Kier molecular flexibility index (Phi) is 5.11. The molecule has 0 aliphatic carbocycles. The lowest BCUT2D eigenvalue weighted by Gasteiger charge is -2.32. The Hall–Kier alpha value is -2.59. The van der Waals surface area contributed by atoms with E-state index in [2.05, 4.69) is 25.1 Å². The maximum absolute atomic E-state index is 12.4. The molecule has 3 rings (SSSR count). The van der Waals surface area contributed by atoms with Crippen LogP contribution < -0.4 is 10.1 Å². The molecule has 0 radical (unpaired) electrons. The molecular formula is C17H17ClF3N5O2. The van der Waals surface area contributed by atoms with Crippen molar-refractivity contribution < 1.29 is 23.0 Å². The van der Waals surface area contributed by atoms with Crippen LogP contribution in [0, 0.1) is 6.92 Å². The number of halogens is 4. The molecule has 0 aliphatic heterocycles. The lowest BCUT2D eigenvalue weighted by molar-refractivity contribution is -0.274. The topological polar surface area (TPSA) is 84.6 Å². The van der Waals surface area contributed by atoms with Gasteiger partial charge in [0.05, 0.1) is 11.6 Å². The Labute approximate surface area is 163 Å². The second-order valence-electron chi connectivity index (χ2n) is 6.72. The number of nitrogens with one attached hydrogen (secondary N) is 1. The smallest absolute Gasteiger partial charge is 0.406 e. The highest BCUT2D eigenvalue weighted by atomic mass is 35.5. The number of nitrogens with zero attached hydrogens (tertiary/aromatic N) is 4. The van der Waals surface area contributed by atoms with Crippen molar-refractivity contribution in [1.82, 2.24) is 19.6 Å². The lowest BCUT2D eigenvalue weighted by atomic mass is 9.91. The van der Waals surface area contributed by atoms with E-state index < -0.39 is 23.8 Å². The zero-order valence-electron chi connectivity index (χ0n) is 15.1. The van der Waals surface area contributed by atoms with Crippen LogP contribution in [0.15, 0.2) is 30.6 Å². The molecule has 28 heavy (non-hydrogen) atoms. The van der Waals surface area contributed by atoms with Crippen molar-refractivity contribution in [2.45, 2.75) is 38.8 Å². The monoisotopic (exact) mass is 415 g/mol. The van der Waals surface area contributed by atoms with Gasteiger partial charge in [-0.15, -0.1) is 13.2 Å². The lowest BCUT2D eigenvalue weighted by Crippen LogP contribution is -2.35. The van der Waals surface area contributed by atoms with Gasteiger partial charge < -0.3 is 15.2 Å². The molecule has 0 fully saturated rings. The highest BCUT2D eigenvalue weighted by Crippen LogP contribution is 2.36. The van der Waals surface area contributed by atoms with Gasteiger partial charge in [0, 0.05) is 16.8 Å². The first kappa shape index (κ1) is 20.2. The number of fused-ring (bicyclic) bond motifs is 1. The third-order valence-electron chi connectivity index (χ3n) is 3.90. The van der Waals surface area contributed by atoms with E-state index >= 15 is 0 Å². The zero-order valence-corrected chi connectivity index (χ0v) is 15.9. The number of aromatic nitrogens is 4. The van der Waals surface area contributed by atoms with Crippen molar-refractivity contribution in [3.8, 4) is 5.75 Å². The highest BCUT2D eigenvalue weighted by molar-refractivity contribution is 6.31. The summed E-state index contributed by atoms with van der Waals surface area (Å²) in [6.07, 6.45) is -3.49. The van der Waals surface area contributed by atoms with Gasteiger partial charge in [0.25, 0.3) is 5.78 Å². The normalized spacial score (nSPS) is 13.6. The minimum Gasteiger partial charge on any atom is -0.406 e. The molecule has 1 atom stereocenters. The molecular weight excluding hydrogens is 399 g/mol. The summed E-state index contributed by atoms with van der Waals surface area (Å²) < 4.78 is 42.6. The summed E-state index contributed by atoms with van der Waals surface area (Å²) in [7, 11) is 0. The van der Waals surface area contributed by atoms with E-state index in [9.17, 15) is 18.3 Å². The standard InChI is InChI=1S/C17H17ClF3N5O2/c1-9-6-13(26-15(24-9)22-8-23-26)25-14(16(2,3)27)11-5-4-10(7-12(11)18)28-17(19,20)21/h4-8,14,25,27H,1-3H3/t14-/m0/s1. The number of rotatable bonds is 5. The fourth-order valence-electron chi connectivity index (χ4n) is 2.76. The number of aliphatic hydroxyl groups is 1. The van der Waals surface area contributed by atoms with E-state index in [0.717, 1.165) is 12.1 Å². The van der Waals surface area contributed by atoms with Crippen LogP contribution in [0.2, 0.25) is 5.02 Å². The number of hydrogen-bond acceptors (Lipinski definition) is 6. The maximum Gasteiger partial charge on any atom is 0.573 e. The van der Waals surface area contributed by atoms with E-state index in [1.54, 1.807) is 26.8 Å². The quantitative estimate of drug-likeness (QED) is 0.657. The summed E-state index contributed by atoms with van der Waals surface area (Å²) in [5, 5.41) is 17.9. The van der Waals surface area contributed by atoms with Crippen molar-refractivity contribution in [3.05, 3.63) is 46.9 Å². The van der Waals surface area contributed by atoms with Gasteiger partial charge in [-0.3, -0.25) is 0 Å². The van der Waals surface area contributed by atoms with Crippen LogP contribution >= 0.6 is 11.6 Å². The summed E-state index contributed by atoms with van der Waals surface area (Å²) in [5.41, 5.74) is -0.288. The summed E-state index contributed by atoms with van der Waals surface area (Å²) >= 11 is 6.21. The number of ether oxygens (including phenoxy) is 1. The average Bonchev–Trinajstić information content (AvgIpc) is 2.99. The average molecular weight is 416 g/mol. The van der Waals surface area contributed by atoms with Gasteiger partial charge in [0.15, 0.2) is 0 Å². The first-order valence-electron chi connectivity index (χ1n) is 8.15. The number of alkyl halides is 3. The molecule has 11 heteroatoms. The number of aryl methyl sites for hydroxylation is 1. The predicted octanol–water partition coefficient (Wildman–Crippen LogP) is 3.91. The van der Waals surface area contributed by atoms with Crippen molar-refractivity contribution in [2.75, 3.05) is 5.32 Å². The number of hydrogen-bond donors (Lipinski definition) is 2. The maximum atomic E-state index is 12.4. The van der Waals surface area contributed by atoms with E-state index in [1.165, 1.54) is 16.9 Å². The van der Waals surface area contributed by atoms with Crippen molar-refractivity contribution in [3.63, 3.8) is 0 Å². The Balaban J connectivity index is 2.01. The first-order chi connectivity index (χ1) is 12.9. The Morgan fingerprint density at radius 2 is 1.96 bits per heavy atom. The molecule has 2 aromatic heterocycles. The molecule has 150 valence electrons. The fourth-order valence-corrected chi connectivity index (χ4v) is 3.03. The zero-order chi connectivity index (χ0) is 20.7. The Morgan fingerprint density at radius 3 is 2.57 bits per heavy atom. The summed E-state index contributed by atoms with van der Waals surface area (Å²) in [6.45, 7) is 4.87. The second-order valence-corrected chi connectivity index (χ2v) is 7.12. The molecule has 2 heterocycles. The van der Waals surface area contributed by atoms with Gasteiger partial charge >= 0.3 is 6.36 Å². The van der Waals surface area contributed by atoms with Crippen LogP contribution in [0.5, 0.6) is 5.75 Å². The molecule has 0 amide bonds. The molecule has 1 aromatic carbocycles. The van der Waals surface area contributed by atoms with Crippen LogP contribution in [0.3, 0.4) is 0 Å². The SMILES string of the molecule is Cc1cc(N[C@@H](c2ccc(OC(F)(F)F)cc2Cl)C(C)(C)O)n2ncnc2n1. The van der Waals surface area contributed by atoms with Gasteiger partial charge in [-0.05, 0) is 38.5 Å². The molecule has 0 bridgehead atoms. The summed E-state index contributed by atoms with van der Waals surface area (Å²) in [6, 6.07) is 4.47. The number of benzene rings is 1. The van der Waals surface area contributed by atoms with Crippen molar-refractivity contribution in [2.24, 2.45) is 0 Å². The van der Waals surface area contributed by atoms with Crippen molar-refractivity contribution >= 4 is 23.2 Å². The summed E-state index contributed by atoms with van der Waals surface area (Å²) in [4.78, 5) is 8.27. The third kappa shape index (κ3) is 4.45. The minimum absolute atomic E-state index is 0.00184. The van der Waals surface area contributed by atoms with E-state index in [1.807, 2.05) is 0 Å². The fraction of sp³-hybridized carbons (Fsp3) is 0.353. The van der Waals surface area contributed by atoms with Crippen LogP contribution in [0.1, 0.15) is 31.1 Å². The molecule has 0 spiro atoms. The van der Waals surface area contributed by atoms with Gasteiger partial charge in [0.1, 0.15) is 17.9 Å². The van der Waals surface area contributed by atoms with E-state index in [4.69, 9.17) is 11.6 Å². The molecule has 7 nitrogen and oxygen atoms in total. The highest BCUT2D eigenvalue weighted by Gasteiger charge is 2.33. The molecule has 0 unspecified atom stereocenters. The van der Waals surface area contributed by atoms with Crippen LogP contribution in [-0.4, -0.2) is 36.7 Å². The van der Waals surface area contributed by atoms with Crippen LogP contribution in [0.4, 0.5) is 19.0 Å². The van der Waals surface area contributed by atoms with Gasteiger partial charge in [-0.1, -0.05) is 17.7 Å². The largest absolute Gasteiger partial charge is 0.573 e. The van der Waals surface area contributed by atoms with Gasteiger partial charge in [-0.2, -0.15) is 14.6 Å². The molecule has 0 saturated carbocycles. The van der Waals surface area contributed by atoms with Crippen LogP contribution in [0.25, 0.3) is 5.78 Å². The van der Waals surface area contributed by atoms with E-state index in [0.29, 0.717) is 22.9 Å². The van der Waals surface area contributed by atoms with Crippen LogP contribution in [-0.2, 0) is 0 Å². The van der Waals surface area contributed by atoms with Gasteiger partial charge in [0.2, 0.25) is 0 Å². The molecule has 2 N–H and O–H groups in total. The Morgan fingerprint density at radius 1 is 1.25 bits per heavy atom. The third-order valence-corrected chi connectivity index (χ3v) is 4.22. The summed E-state index contributed by atoms with van der Waals surface area (Å²) in [5.74, 6) is 0.394.